The molecule has 0 fully saturated rings. The SMILES string of the molecule is Cc1ccc(C#N)cc1S(=O)(=O)N1Cc2ccccc2C1. The number of hydrogen-bond acceptors (Lipinski definition) is 3. The molecular formula is C16H14N2O2S. The quantitative estimate of drug-likeness (QED) is 0.856. The van der Waals surface area contributed by atoms with E-state index in [1.807, 2.05) is 30.3 Å². The number of nitriles is 1. The molecule has 3 rings (SSSR count). The molecule has 0 unspecified atom stereocenters. The standard InChI is InChI=1S/C16H14N2O2S/c1-12-6-7-13(9-17)8-16(12)21(19,20)18-10-14-4-2-3-5-15(14)11-18/h2-8H,10-11H2,1H3. The summed E-state index contributed by atoms with van der Waals surface area (Å²) in [5.41, 5.74) is 3.09. The van der Waals surface area contributed by atoms with Crippen molar-refractivity contribution in [2.24, 2.45) is 0 Å². The number of aryl methyl sites for hydroxylation is 1. The third-order valence-corrected chi connectivity index (χ3v) is 5.68. The van der Waals surface area contributed by atoms with Crippen LogP contribution in [0.3, 0.4) is 0 Å². The van der Waals surface area contributed by atoms with Gasteiger partial charge in [0.25, 0.3) is 0 Å². The Balaban J connectivity index is 2.02. The van der Waals surface area contributed by atoms with Crippen LogP contribution in [0.4, 0.5) is 0 Å². The van der Waals surface area contributed by atoms with Crippen molar-refractivity contribution in [3.05, 3.63) is 64.7 Å². The Bertz CT molecular complexity index is 826. The van der Waals surface area contributed by atoms with Gasteiger partial charge in [-0.15, -0.1) is 0 Å². The first kappa shape index (κ1) is 13.8. The lowest BCUT2D eigenvalue weighted by Gasteiger charge is -2.17. The van der Waals surface area contributed by atoms with Crippen LogP contribution in [0.25, 0.3) is 0 Å². The fourth-order valence-corrected chi connectivity index (χ4v) is 4.21. The molecule has 0 saturated carbocycles. The van der Waals surface area contributed by atoms with Crippen LogP contribution in [0, 0.1) is 18.3 Å². The second kappa shape index (κ2) is 4.99. The fraction of sp³-hybridized carbons (Fsp3) is 0.188. The minimum atomic E-state index is -3.59. The van der Waals surface area contributed by atoms with E-state index in [4.69, 9.17) is 5.26 Å². The summed E-state index contributed by atoms with van der Waals surface area (Å²) in [6.07, 6.45) is 0. The highest BCUT2D eigenvalue weighted by Gasteiger charge is 2.31. The maximum absolute atomic E-state index is 12.8. The van der Waals surface area contributed by atoms with E-state index < -0.39 is 10.0 Å². The largest absolute Gasteiger partial charge is 0.243 e. The van der Waals surface area contributed by atoms with E-state index in [-0.39, 0.29) is 4.90 Å². The van der Waals surface area contributed by atoms with Crippen molar-refractivity contribution < 1.29 is 8.42 Å². The highest BCUT2D eigenvalue weighted by atomic mass is 32.2. The van der Waals surface area contributed by atoms with Gasteiger partial charge in [0.1, 0.15) is 0 Å². The zero-order chi connectivity index (χ0) is 15.0. The van der Waals surface area contributed by atoms with Gasteiger partial charge in [-0.05, 0) is 35.7 Å². The molecule has 106 valence electrons. The van der Waals surface area contributed by atoms with Crippen LogP contribution < -0.4 is 0 Å². The van der Waals surface area contributed by atoms with Crippen molar-refractivity contribution in [3.8, 4) is 6.07 Å². The van der Waals surface area contributed by atoms with Crippen LogP contribution in [0.5, 0.6) is 0 Å². The van der Waals surface area contributed by atoms with Gasteiger partial charge in [0.2, 0.25) is 10.0 Å². The maximum atomic E-state index is 12.8. The van der Waals surface area contributed by atoms with Crippen LogP contribution >= 0.6 is 0 Å². The highest BCUT2D eigenvalue weighted by Crippen LogP contribution is 2.30. The smallest absolute Gasteiger partial charge is 0.207 e. The van der Waals surface area contributed by atoms with E-state index in [0.717, 1.165) is 11.1 Å². The molecule has 1 heterocycles. The molecule has 0 saturated heterocycles. The van der Waals surface area contributed by atoms with Crippen LogP contribution in [0.1, 0.15) is 22.3 Å². The average molecular weight is 298 g/mol. The lowest BCUT2D eigenvalue weighted by atomic mass is 10.1. The lowest BCUT2D eigenvalue weighted by molar-refractivity contribution is 0.431. The van der Waals surface area contributed by atoms with E-state index in [2.05, 4.69) is 0 Å². The van der Waals surface area contributed by atoms with E-state index in [1.165, 1.54) is 10.4 Å². The fourth-order valence-electron chi connectivity index (χ4n) is 2.56. The Morgan fingerprint density at radius 3 is 2.29 bits per heavy atom. The Morgan fingerprint density at radius 2 is 1.71 bits per heavy atom. The number of sulfonamides is 1. The van der Waals surface area contributed by atoms with Crippen molar-refractivity contribution in [1.82, 2.24) is 4.31 Å². The lowest BCUT2D eigenvalue weighted by Crippen LogP contribution is -2.26. The minimum absolute atomic E-state index is 0.217. The second-order valence-electron chi connectivity index (χ2n) is 5.13. The second-order valence-corrected chi connectivity index (χ2v) is 7.04. The van der Waals surface area contributed by atoms with Gasteiger partial charge in [-0.3, -0.25) is 0 Å². The molecule has 2 aromatic rings. The van der Waals surface area contributed by atoms with Crippen molar-refractivity contribution in [2.75, 3.05) is 0 Å². The van der Waals surface area contributed by atoms with Crippen LogP contribution in [-0.4, -0.2) is 12.7 Å². The third-order valence-electron chi connectivity index (χ3n) is 3.75. The van der Waals surface area contributed by atoms with E-state index in [1.54, 1.807) is 19.1 Å². The predicted octanol–water partition coefficient (Wildman–Crippen LogP) is 2.57. The van der Waals surface area contributed by atoms with Gasteiger partial charge in [0, 0.05) is 13.1 Å². The molecule has 0 spiro atoms. The van der Waals surface area contributed by atoms with Gasteiger partial charge in [0.15, 0.2) is 0 Å². The third kappa shape index (κ3) is 2.33. The molecule has 0 aromatic heterocycles. The van der Waals surface area contributed by atoms with E-state index in [0.29, 0.717) is 24.2 Å². The molecule has 0 N–H and O–H groups in total. The molecule has 0 amide bonds. The number of fused-ring (bicyclic) bond motifs is 1. The van der Waals surface area contributed by atoms with Crippen LogP contribution in [0.15, 0.2) is 47.4 Å². The van der Waals surface area contributed by atoms with Gasteiger partial charge in [-0.25, -0.2) is 8.42 Å². The Hall–Kier alpha value is -2.16. The molecule has 2 aromatic carbocycles. The molecule has 0 aliphatic carbocycles. The zero-order valence-electron chi connectivity index (χ0n) is 11.6. The Kier molecular flexibility index (Phi) is 3.28. The van der Waals surface area contributed by atoms with Gasteiger partial charge < -0.3 is 0 Å². The topological polar surface area (TPSA) is 61.2 Å². The Labute approximate surface area is 124 Å². The van der Waals surface area contributed by atoms with Crippen LogP contribution in [-0.2, 0) is 23.1 Å². The summed E-state index contributed by atoms with van der Waals surface area (Å²) in [4.78, 5) is 0.217. The molecule has 0 atom stereocenters. The molecule has 1 aliphatic heterocycles. The van der Waals surface area contributed by atoms with Crippen LogP contribution in [0.2, 0.25) is 0 Å². The maximum Gasteiger partial charge on any atom is 0.243 e. The normalized spacial score (nSPS) is 14.7. The van der Waals surface area contributed by atoms with Gasteiger partial charge in [0.05, 0.1) is 16.5 Å². The monoisotopic (exact) mass is 298 g/mol. The van der Waals surface area contributed by atoms with Gasteiger partial charge in [-0.2, -0.15) is 9.57 Å². The summed E-state index contributed by atoms with van der Waals surface area (Å²) in [5, 5.41) is 8.97. The summed E-state index contributed by atoms with van der Waals surface area (Å²) in [6.45, 7) is 2.51. The highest BCUT2D eigenvalue weighted by molar-refractivity contribution is 7.89. The summed E-state index contributed by atoms with van der Waals surface area (Å²) >= 11 is 0. The zero-order valence-corrected chi connectivity index (χ0v) is 12.4. The molecule has 0 radical (unpaired) electrons. The first-order chi connectivity index (χ1) is 10.0. The number of nitrogens with zero attached hydrogens (tertiary/aromatic N) is 2. The molecule has 0 bridgehead atoms. The molecule has 5 heteroatoms. The number of hydrogen-bond donors (Lipinski definition) is 0. The first-order valence-electron chi connectivity index (χ1n) is 6.60. The minimum Gasteiger partial charge on any atom is -0.207 e. The molecule has 1 aliphatic rings. The number of benzene rings is 2. The summed E-state index contributed by atoms with van der Waals surface area (Å²) in [5.74, 6) is 0. The van der Waals surface area contributed by atoms with Gasteiger partial charge in [-0.1, -0.05) is 30.3 Å². The van der Waals surface area contributed by atoms with E-state index >= 15 is 0 Å². The molecule has 4 nitrogen and oxygen atoms in total. The summed E-state index contributed by atoms with van der Waals surface area (Å²) < 4.78 is 27.1. The molecule has 21 heavy (non-hydrogen) atoms. The Morgan fingerprint density at radius 1 is 1.10 bits per heavy atom. The summed E-state index contributed by atoms with van der Waals surface area (Å²) in [6, 6.07) is 14.5. The molecular weight excluding hydrogens is 284 g/mol. The summed E-state index contributed by atoms with van der Waals surface area (Å²) in [7, 11) is -3.59. The number of rotatable bonds is 2. The van der Waals surface area contributed by atoms with E-state index in [9.17, 15) is 8.42 Å². The van der Waals surface area contributed by atoms with Crippen molar-refractivity contribution >= 4 is 10.0 Å². The van der Waals surface area contributed by atoms with Crippen molar-refractivity contribution in [2.45, 2.75) is 24.9 Å². The van der Waals surface area contributed by atoms with Crippen molar-refractivity contribution in [3.63, 3.8) is 0 Å². The first-order valence-corrected chi connectivity index (χ1v) is 8.04. The van der Waals surface area contributed by atoms with Gasteiger partial charge >= 0.3 is 0 Å². The predicted molar refractivity (Wildman–Crippen MR) is 78.8 cm³/mol. The average Bonchev–Trinajstić information content (AvgIpc) is 2.92. The van der Waals surface area contributed by atoms with Crippen molar-refractivity contribution in [1.29, 1.82) is 5.26 Å².